The molecule has 0 radical (unpaired) electrons. The predicted molar refractivity (Wildman–Crippen MR) is 118 cm³/mol. The second-order valence-electron chi connectivity index (χ2n) is 9.27. The molecule has 3 atom stereocenters. The van der Waals surface area contributed by atoms with Crippen LogP contribution in [0.4, 0.5) is 5.69 Å². The molecule has 0 aliphatic carbocycles. The van der Waals surface area contributed by atoms with Crippen molar-refractivity contribution in [3.05, 3.63) is 81.5 Å². The molecule has 0 saturated carbocycles. The van der Waals surface area contributed by atoms with Crippen LogP contribution >= 0.6 is 0 Å². The van der Waals surface area contributed by atoms with Crippen molar-refractivity contribution in [2.75, 3.05) is 0 Å². The SMILES string of the molecule is CC(C)(C)C(=O)[C@H]1[C@@H](c2ccc([N+](=O)[O-])cc2)C(C#N)(C#N)[C@H]2c3ccccc3C=CN12. The third-order valence-corrected chi connectivity index (χ3v) is 6.41. The van der Waals surface area contributed by atoms with E-state index in [2.05, 4.69) is 12.1 Å². The molecule has 1 fully saturated rings. The van der Waals surface area contributed by atoms with Crippen LogP contribution in [0, 0.1) is 43.6 Å². The molecule has 0 N–H and O–H groups in total. The monoisotopic (exact) mass is 426 g/mol. The Morgan fingerprint density at radius 3 is 2.28 bits per heavy atom. The van der Waals surface area contributed by atoms with E-state index in [4.69, 9.17) is 0 Å². The molecular formula is C25H22N4O3. The van der Waals surface area contributed by atoms with Crippen molar-refractivity contribution in [2.24, 2.45) is 10.8 Å². The number of rotatable bonds is 3. The molecule has 2 aliphatic rings. The van der Waals surface area contributed by atoms with Crippen LogP contribution in [0.1, 0.15) is 49.4 Å². The Kier molecular flexibility index (Phi) is 4.86. The van der Waals surface area contributed by atoms with Crippen LogP contribution in [0.3, 0.4) is 0 Å². The van der Waals surface area contributed by atoms with Gasteiger partial charge in [-0.25, -0.2) is 0 Å². The molecular weight excluding hydrogens is 404 g/mol. The zero-order valence-corrected chi connectivity index (χ0v) is 18.0. The van der Waals surface area contributed by atoms with Crippen molar-refractivity contribution in [3.8, 4) is 12.1 Å². The lowest BCUT2D eigenvalue weighted by atomic mass is 9.66. The zero-order valence-electron chi connectivity index (χ0n) is 18.0. The van der Waals surface area contributed by atoms with E-state index in [1.807, 2.05) is 56.0 Å². The zero-order chi connectivity index (χ0) is 23.3. The summed E-state index contributed by atoms with van der Waals surface area (Å²) in [5.74, 6) is -0.881. The minimum atomic E-state index is -1.57. The number of carbonyl (C=O) groups is 1. The summed E-state index contributed by atoms with van der Waals surface area (Å²) in [4.78, 5) is 26.2. The number of nitriles is 2. The Bertz CT molecular complexity index is 1200. The fraction of sp³-hybridized carbons (Fsp3) is 0.320. The average molecular weight is 426 g/mol. The highest BCUT2D eigenvalue weighted by molar-refractivity contribution is 5.91. The predicted octanol–water partition coefficient (Wildman–Crippen LogP) is 4.74. The maximum atomic E-state index is 13.7. The molecule has 32 heavy (non-hydrogen) atoms. The van der Waals surface area contributed by atoms with Crippen LogP contribution in [0.2, 0.25) is 0 Å². The normalized spacial score (nSPS) is 22.9. The minimum absolute atomic E-state index is 0.0899. The van der Waals surface area contributed by atoms with E-state index in [9.17, 15) is 25.4 Å². The maximum absolute atomic E-state index is 13.7. The average Bonchev–Trinajstić information content (AvgIpc) is 3.08. The topological polar surface area (TPSA) is 111 Å². The smallest absolute Gasteiger partial charge is 0.269 e. The summed E-state index contributed by atoms with van der Waals surface area (Å²) in [5, 5.41) is 32.0. The van der Waals surface area contributed by atoms with Crippen molar-refractivity contribution in [3.63, 3.8) is 0 Å². The van der Waals surface area contributed by atoms with Crippen LogP contribution in [-0.2, 0) is 4.79 Å². The molecule has 7 heteroatoms. The molecule has 160 valence electrons. The molecule has 0 unspecified atom stereocenters. The van der Waals surface area contributed by atoms with E-state index in [-0.39, 0.29) is 11.5 Å². The molecule has 0 spiro atoms. The van der Waals surface area contributed by atoms with E-state index in [1.54, 1.807) is 18.3 Å². The van der Waals surface area contributed by atoms with Gasteiger partial charge in [0.05, 0.1) is 29.1 Å². The standard InChI is InChI=1S/C25H22N4O3/c1-24(2,3)23(30)21-20(17-8-10-18(11-9-17)29(31)32)25(14-26,15-27)22-19-7-5-4-6-16(19)12-13-28(21)22/h4-13,20-22H,1-3H3/t20-,21-,22-/m1/s1. The van der Waals surface area contributed by atoms with Gasteiger partial charge in [-0.3, -0.25) is 14.9 Å². The Balaban J connectivity index is 1.99. The van der Waals surface area contributed by atoms with Gasteiger partial charge in [0, 0.05) is 29.7 Å². The number of nitrogens with zero attached hydrogens (tertiary/aromatic N) is 4. The summed E-state index contributed by atoms with van der Waals surface area (Å²) in [6, 6.07) is 16.5. The van der Waals surface area contributed by atoms with E-state index < -0.39 is 33.8 Å². The number of nitro benzene ring substituents is 1. The third kappa shape index (κ3) is 2.98. The molecule has 2 heterocycles. The lowest BCUT2D eigenvalue weighted by molar-refractivity contribution is -0.384. The first-order valence-corrected chi connectivity index (χ1v) is 10.3. The number of non-ortho nitro benzene ring substituents is 1. The van der Waals surface area contributed by atoms with Gasteiger partial charge in [-0.2, -0.15) is 10.5 Å². The number of Topliss-reactive ketones (excluding diaryl/α,β-unsaturated/α-hetero) is 1. The first kappa shape index (κ1) is 21.3. The van der Waals surface area contributed by atoms with Crippen molar-refractivity contribution >= 4 is 17.5 Å². The van der Waals surface area contributed by atoms with Crippen molar-refractivity contribution in [2.45, 2.75) is 38.8 Å². The van der Waals surface area contributed by atoms with Gasteiger partial charge in [-0.1, -0.05) is 57.2 Å². The molecule has 2 aromatic rings. The van der Waals surface area contributed by atoms with E-state index in [1.165, 1.54) is 12.1 Å². The fourth-order valence-electron chi connectivity index (χ4n) is 4.92. The van der Waals surface area contributed by atoms with Crippen LogP contribution < -0.4 is 0 Å². The molecule has 7 nitrogen and oxygen atoms in total. The van der Waals surface area contributed by atoms with Gasteiger partial charge in [0.15, 0.2) is 11.2 Å². The Labute approximate surface area is 186 Å². The summed E-state index contributed by atoms with van der Waals surface area (Å²) < 4.78 is 0. The van der Waals surface area contributed by atoms with Gasteiger partial charge in [0.1, 0.15) is 0 Å². The number of benzene rings is 2. The van der Waals surface area contributed by atoms with Gasteiger partial charge in [0.2, 0.25) is 0 Å². The lowest BCUT2D eigenvalue weighted by Gasteiger charge is -2.36. The molecule has 4 rings (SSSR count). The van der Waals surface area contributed by atoms with Crippen molar-refractivity contribution < 1.29 is 9.72 Å². The van der Waals surface area contributed by atoms with Crippen LogP contribution in [-0.4, -0.2) is 21.6 Å². The van der Waals surface area contributed by atoms with E-state index in [0.29, 0.717) is 5.56 Å². The minimum Gasteiger partial charge on any atom is -0.357 e. The highest BCUT2D eigenvalue weighted by Crippen LogP contribution is 2.60. The molecule has 0 aromatic heterocycles. The molecule has 2 aromatic carbocycles. The van der Waals surface area contributed by atoms with Gasteiger partial charge in [0.25, 0.3) is 5.69 Å². The third-order valence-electron chi connectivity index (χ3n) is 6.41. The van der Waals surface area contributed by atoms with Crippen LogP contribution in [0.5, 0.6) is 0 Å². The number of fused-ring (bicyclic) bond motifs is 3. The largest absolute Gasteiger partial charge is 0.357 e. The van der Waals surface area contributed by atoms with Gasteiger partial charge in [-0.05, 0) is 22.8 Å². The lowest BCUT2D eigenvalue weighted by Crippen LogP contribution is -2.43. The molecule has 1 saturated heterocycles. The fourth-order valence-corrected chi connectivity index (χ4v) is 4.92. The second-order valence-corrected chi connectivity index (χ2v) is 9.27. The number of carbonyl (C=O) groups excluding carboxylic acids is 1. The number of ketones is 1. The summed E-state index contributed by atoms with van der Waals surface area (Å²) in [7, 11) is 0. The quantitative estimate of drug-likeness (QED) is 0.518. The van der Waals surface area contributed by atoms with Gasteiger partial charge >= 0.3 is 0 Å². The molecule has 0 amide bonds. The Morgan fingerprint density at radius 1 is 1.09 bits per heavy atom. The maximum Gasteiger partial charge on any atom is 0.269 e. The van der Waals surface area contributed by atoms with Gasteiger partial charge in [-0.15, -0.1) is 0 Å². The van der Waals surface area contributed by atoms with E-state index in [0.717, 1.165) is 11.1 Å². The first-order chi connectivity index (χ1) is 15.2. The van der Waals surface area contributed by atoms with Crippen molar-refractivity contribution in [1.29, 1.82) is 10.5 Å². The van der Waals surface area contributed by atoms with Crippen LogP contribution in [0.15, 0.2) is 54.7 Å². The number of hydrogen-bond donors (Lipinski definition) is 0. The summed E-state index contributed by atoms with van der Waals surface area (Å²) in [6.45, 7) is 5.45. The number of hydrogen-bond acceptors (Lipinski definition) is 6. The Morgan fingerprint density at radius 2 is 1.72 bits per heavy atom. The highest BCUT2D eigenvalue weighted by atomic mass is 16.6. The van der Waals surface area contributed by atoms with E-state index >= 15 is 0 Å². The summed E-state index contributed by atoms with van der Waals surface area (Å²) in [5.41, 5.74) is -0.110. The molecule has 0 bridgehead atoms. The van der Waals surface area contributed by atoms with Gasteiger partial charge < -0.3 is 4.90 Å². The highest BCUT2D eigenvalue weighted by Gasteiger charge is 2.64. The molecule has 2 aliphatic heterocycles. The van der Waals surface area contributed by atoms with Crippen molar-refractivity contribution in [1.82, 2.24) is 4.90 Å². The summed E-state index contributed by atoms with van der Waals surface area (Å²) in [6.07, 6.45) is 3.70. The first-order valence-electron chi connectivity index (χ1n) is 10.3. The number of nitro groups is 1. The Hall–Kier alpha value is -3.97. The summed E-state index contributed by atoms with van der Waals surface area (Å²) >= 11 is 0. The van der Waals surface area contributed by atoms with Crippen LogP contribution in [0.25, 0.3) is 6.08 Å². The second kappa shape index (κ2) is 7.32.